The summed E-state index contributed by atoms with van der Waals surface area (Å²) in [5.74, 6) is -1.88. The Hall–Kier alpha value is -2.24. The third-order valence-corrected chi connectivity index (χ3v) is 2.52. The SMILES string of the molecule is O=C(ON1C(=O)CCC1=O)c1ccc(C[18F])cc1. The molecule has 1 heterocycles. The van der Waals surface area contributed by atoms with E-state index < -0.39 is 24.5 Å². The number of imide groups is 1. The van der Waals surface area contributed by atoms with Crippen LogP contribution in [-0.4, -0.2) is 22.8 Å². The number of benzene rings is 1. The van der Waals surface area contributed by atoms with Crippen LogP contribution in [0.1, 0.15) is 28.8 Å². The summed E-state index contributed by atoms with van der Waals surface area (Å²) in [4.78, 5) is 38.8. The van der Waals surface area contributed by atoms with Crippen LogP contribution < -0.4 is 0 Å². The molecule has 18 heavy (non-hydrogen) atoms. The summed E-state index contributed by atoms with van der Waals surface area (Å²) in [6.45, 7) is -0.627. The van der Waals surface area contributed by atoms with E-state index in [0.717, 1.165) is 0 Å². The van der Waals surface area contributed by atoms with E-state index in [1.165, 1.54) is 24.3 Å². The van der Waals surface area contributed by atoms with Gasteiger partial charge in [-0.2, -0.15) is 0 Å². The van der Waals surface area contributed by atoms with Crippen molar-refractivity contribution >= 4 is 17.8 Å². The second-order valence-electron chi connectivity index (χ2n) is 3.79. The molecule has 1 aromatic carbocycles. The third-order valence-electron chi connectivity index (χ3n) is 2.52. The molecule has 0 aliphatic carbocycles. The van der Waals surface area contributed by atoms with Gasteiger partial charge in [0.2, 0.25) is 0 Å². The molecule has 0 atom stereocenters. The zero-order valence-electron chi connectivity index (χ0n) is 9.39. The summed E-state index contributed by atoms with van der Waals surface area (Å²) in [5.41, 5.74) is 0.583. The van der Waals surface area contributed by atoms with Crippen LogP contribution in [0.25, 0.3) is 0 Å². The van der Waals surface area contributed by atoms with Crippen LogP contribution in [0.4, 0.5) is 4.39 Å². The molecule has 2 amide bonds. The monoisotopic (exact) mass is 250 g/mol. The zero-order chi connectivity index (χ0) is 13.1. The molecule has 0 N–H and O–H groups in total. The number of hydrogen-bond acceptors (Lipinski definition) is 4. The smallest absolute Gasteiger partial charge is 0.325 e. The van der Waals surface area contributed by atoms with Crippen molar-refractivity contribution in [2.24, 2.45) is 0 Å². The van der Waals surface area contributed by atoms with Gasteiger partial charge in [0.05, 0.1) is 5.56 Å². The zero-order valence-corrected chi connectivity index (χ0v) is 9.39. The van der Waals surface area contributed by atoms with E-state index >= 15 is 0 Å². The summed E-state index contributed by atoms with van der Waals surface area (Å²) in [7, 11) is 0. The fourth-order valence-electron chi connectivity index (χ4n) is 1.52. The molecule has 0 unspecified atom stereocenters. The first-order valence-electron chi connectivity index (χ1n) is 5.35. The number of hydrogen-bond donors (Lipinski definition) is 0. The molecule has 94 valence electrons. The highest BCUT2D eigenvalue weighted by Crippen LogP contribution is 2.14. The normalized spacial score (nSPS) is 15.1. The summed E-state index contributed by atoms with van der Waals surface area (Å²) >= 11 is 0. The number of rotatable bonds is 3. The number of amides is 2. The van der Waals surface area contributed by atoms with Crippen molar-refractivity contribution in [1.29, 1.82) is 0 Å². The minimum absolute atomic E-state index is 0.0485. The molecule has 0 aromatic heterocycles. The van der Waals surface area contributed by atoms with Gasteiger partial charge < -0.3 is 4.84 Å². The van der Waals surface area contributed by atoms with Crippen LogP contribution in [0.2, 0.25) is 0 Å². The van der Waals surface area contributed by atoms with Crippen molar-refractivity contribution in [1.82, 2.24) is 5.06 Å². The molecule has 0 spiro atoms. The van der Waals surface area contributed by atoms with E-state index in [1.54, 1.807) is 0 Å². The average molecular weight is 250 g/mol. The van der Waals surface area contributed by atoms with E-state index in [0.29, 0.717) is 10.6 Å². The first kappa shape index (κ1) is 12.2. The van der Waals surface area contributed by atoms with Crippen molar-refractivity contribution in [3.63, 3.8) is 0 Å². The van der Waals surface area contributed by atoms with Gasteiger partial charge in [-0.3, -0.25) is 9.59 Å². The van der Waals surface area contributed by atoms with Gasteiger partial charge in [-0.25, -0.2) is 9.18 Å². The largest absolute Gasteiger partial charge is 0.363 e. The predicted octanol–water partition coefficient (Wildman–Crippen LogP) is 1.38. The van der Waals surface area contributed by atoms with Crippen LogP contribution in [0.5, 0.6) is 0 Å². The quantitative estimate of drug-likeness (QED) is 0.760. The molecule has 6 heteroatoms. The van der Waals surface area contributed by atoms with Crippen molar-refractivity contribution in [3.8, 4) is 0 Å². The molecule has 1 aliphatic rings. The number of alkyl halides is 1. The molecule has 1 saturated heterocycles. The highest BCUT2D eigenvalue weighted by Gasteiger charge is 2.33. The van der Waals surface area contributed by atoms with E-state index in [9.17, 15) is 18.8 Å². The van der Waals surface area contributed by atoms with Crippen LogP contribution in [0.3, 0.4) is 0 Å². The van der Waals surface area contributed by atoms with Crippen molar-refractivity contribution in [2.45, 2.75) is 19.5 Å². The topological polar surface area (TPSA) is 63.7 Å². The van der Waals surface area contributed by atoms with Crippen LogP contribution >= 0.6 is 0 Å². The Labute approximate surface area is 102 Å². The first-order valence-corrected chi connectivity index (χ1v) is 5.35. The van der Waals surface area contributed by atoms with E-state index in [4.69, 9.17) is 4.84 Å². The van der Waals surface area contributed by atoms with Crippen LogP contribution in [0.15, 0.2) is 24.3 Å². The highest BCUT2D eigenvalue weighted by molar-refractivity contribution is 6.02. The maximum atomic E-state index is 12.3. The molecule has 0 saturated carbocycles. The highest BCUT2D eigenvalue weighted by atomic mass is 18.2. The number of carbonyl (C=O) groups is 3. The molecule has 5 nitrogen and oxygen atoms in total. The Morgan fingerprint density at radius 1 is 1.17 bits per heavy atom. The van der Waals surface area contributed by atoms with Gasteiger partial charge in [0.15, 0.2) is 0 Å². The molecular weight excluding hydrogens is 240 g/mol. The molecule has 1 aromatic rings. The fourth-order valence-corrected chi connectivity index (χ4v) is 1.52. The molecule has 1 aliphatic heterocycles. The maximum Gasteiger partial charge on any atom is 0.363 e. The summed E-state index contributed by atoms with van der Waals surface area (Å²) in [6.07, 6.45) is 0.0970. The number of carbonyl (C=O) groups excluding carboxylic acids is 3. The molecule has 1 fully saturated rings. The number of nitrogens with zero attached hydrogens (tertiary/aromatic N) is 1. The van der Waals surface area contributed by atoms with Gasteiger partial charge >= 0.3 is 5.97 Å². The average Bonchev–Trinajstić information content (AvgIpc) is 2.70. The van der Waals surface area contributed by atoms with Gasteiger partial charge in [0.1, 0.15) is 6.67 Å². The Morgan fingerprint density at radius 2 is 1.72 bits per heavy atom. The van der Waals surface area contributed by atoms with E-state index in [1.807, 2.05) is 0 Å². The third kappa shape index (κ3) is 2.37. The van der Waals surface area contributed by atoms with Crippen LogP contribution in [-0.2, 0) is 21.1 Å². The van der Waals surface area contributed by atoms with Crippen molar-refractivity contribution in [2.75, 3.05) is 0 Å². The Morgan fingerprint density at radius 3 is 2.22 bits per heavy atom. The predicted molar refractivity (Wildman–Crippen MR) is 57.8 cm³/mol. The standard InChI is InChI=1S/C12H10FNO4/c13-7-8-1-3-9(4-2-8)12(17)18-14-10(15)5-6-11(14)16/h1-4H,5-7H2/i13-1. The first-order chi connectivity index (χ1) is 8.61. The summed E-state index contributed by atoms with van der Waals surface area (Å²) in [6, 6.07) is 5.62. The van der Waals surface area contributed by atoms with Gasteiger partial charge in [-0.1, -0.05) is 12.1 Å². The van der Waals surface area contributed by atoms with Crippen molar-refractivity contribution < 1.29 is 23.6 Å². The maximum absolute atomic E-state index is 12.3. The Kier molecular flexibility index (Phi) is 3.36. The molecule has 2 rings (SSSR count). The van der Waals surface area contributed by atoms with Gasteiger partial charge in [0, 0.05) is 12.8 Å². The van der Waals surface area contributed by atoms with Crippen molar-refractivity contribution in [3.05, 3.63) is 35.4 Å². The second-order valence-corrected chi connectivity index (χ2v) is 3.79. The Bertz CT molecular complexity index is 481. The van der Waals surface area contributed by atoms with Gasteiger partial charge in [0.25, 0.3) is 11.8 Å². The Balaban J connectivity index is 2.07. The van der Waals surface area contributed by atoms with Crippen LogP contribution in [0, 0.1) is 0 Å². The lowest BCUT2D eigenvalue weighted by molar-refractivity contribution is -0.172. The van der Waals surface area contributed by atoms with Gasteiger partial charge in [-0.15, -0.1) is 5.06 Å². The summed E-state index contributed by atoms with van der Waals surface area (Å²) < 4.78 is 12.3. The second kappa shape index (κ2) is 4.95. The fraction of sp³-hybridized carbons (Fsp3) is 0.250. The van der Waals surface area contributed by atoms with E-state index in [-0.39, 0.29) is 18.4 Å². The van der Waals surface area contributed by atoms with Gasteiger partial charge in [-0.05, 0) is 17.7 Å². The number of halogens is 1. The number of hydroxylamine groups is 2. The van der Waals surface area contributed by atoms with E-state index in [2.05, 4.69) is 0 Å². The lowest BCUT2D eigenvalue weighted by Gasteiger charge is -2.12. The minimum Gasteiger partial charge on any atom is -0.325 e. The molecule has 0 bridgehead atoms. The minimum atomic E-state index is -0.816. The summed E-state index contributed by atoms with van der Waals surface area (Å²) in [5, 5.41) is 0.478. The lowest BCUT2D eigenvalue weighted by Crippen LogP contribution is -2.32. The molecular formula is C12H10FNO4. The molecule has 0 radical (unpaired) electrons. The lowest BCUT2D eigenvalue weighted by atomic mass is 10.1.